The van der Waals surface area contributed by atoms with Crippen LogP contribution in [0.5, 0.6) is 17.2 Å². The molecule has 2 atom stereocenters. The highest BCUT2D eigenvalue weighted by Crippen LogP contribution is 2.31. The van der Waals surface area contributed by atoms with E-state index in [1.165, 1.54) is 24.5 Å². The van der Waals surface area contributed by atoms with Crippen LogP contribution in [0.3, 0.4) is 0 Å². The first kappa shape index (κ1) is 15.4. The molecule has 118 valence electrons. The average Bonchev–Trinajstić information content (AvgIpc) is 2.47. The third-order valence-electron chi connectivity index (χ3n) is 3.33. The van der Waals surface area contributed by atoms with E-state index in [0.717, 1.165) is 0 Å². The van der Waals surface area contributed by atoms with Crippen LogP contribution < -0.4 is 10.2 Å². The van der Waals surface area contributed by atoms with Crippen LogP contribution in [0.2, 0.25) is 0 Å². The molecule has 0 aliphatic carbocycles. The molecular weight excluding hydrogens is 315 g/mol. The van der Waals surface area contributed by atoms with Crippen molar-refractivity contribution in [2.75, 3.05) is 0 Å². The van der Waals surface area contributed by atoms with Crippen LogP contribution in [0.1, 0.15) is 6.92 Å². The lowest BCUT2D eigenvalue weighted by Gasteiger charge is -2.11. The van der Waals surface area contributed by atoms with Crippen LogP contribution in [0.4, 0.5) is 0 Å². The Kier molecular flexibility index (Phi) is 3.97. The maximum Gasteiger partial charge on any atom is 0.204 e. The summed E-state index contributed by atoms with van der Waals surface area (Å²) >= 11 is 0. The number of hydrogen-bond donors (Lipinski definition) is 2. The molecular formula is C17H15O5P. The van der Waals surface area contributed by atoms with Crippen LogP contribution in [0.25, 0.3) is 22.1 Å². The molecule has 0 saturated carbocycles. The molecule has 0 saturated heterocycles. The van der Waals surface area contributed by atoms with E-state index in [1.54, 1.807) is 18.2 Å². The van der Waals surface area contributed by atoms with E-state index in [2.05, 4.69) is 9.24 Å². The van der Waals surface area contributed by atoms with Gasteiger partial charge in [0.25, 0.3) is 0 Å². The molecule has 0 aliphatic heterocycles. The van der Waals surface area contributed by atoms with Gasteiger partial charge in [0.15, 0.2) is 0 Å². The van der Waals surface area contributed by atoms with Crippen molar-refractivity contribution in [3.05, 3.63) is 52.9 Å². The number of phenols is 2. The predicted octanol–water partition coefficient (Wildman–Crippen LogP) is 3.47. The second-order valence-electron chi connectivity index (χ2n) is 5.16. The van der Waals surface area contributed by atoms with Gasteiger partial charge in [-0.25, -0.2) is 0 Å². The predicted molar refractivity (Wildman–Crippen MR) is 91.0 cm³/mol. The van der Waals surface area contributed by atoms with E-state index in [9.17, 15) is 15.0 Å². The van der Waals surface area contributed by atoms with E-state index in [0.29, 0.717) is 16.9 Å². The van der Waals surface area contributed by atoms with Gasteiger partial charge in [-0.05, 0) is 24.6 Å². The molecule has 0 bridgehead atoms. The Labute approximate surface area is 134 Å². The van der Waals surface area contributed by atoms with Crippen LogP contribution in [0.15, 0.2) is 51.9 Å². The van der Waals surface area contributed by atoms with E-state index in [1.807, 2.05) is 6.92 Å². The second kappa shape index (κ2) is 5.94. The van der Waals surface area contributed by atoms with E-state index >= 15 is 0 Å². The number of fused-ring (bicyclic) bond motifs is 1. The number of rotatable bonds is 3. The number of ether oxygens (including phenoxy) is 1. The molecule has 3 aromatic rings. The minimum absolute atomic E-state index is 0.0966. The van der Waals surface area contributed by atoms with Crippen LogP contribution in [-0.4, -0.2) is 16.1 Å². The molecule has 0 aliphatic rings. The Morgan fingerprint density at radius 2 is 1.87 bits per heavy atom. The lowest BCUT2D eigenvalue weighted by atomic mass is 10.0. The van der Waals surface area contributed by atoms with Crippen molar-refractivity contribution in [3.63, 3.8) is 0 Å². The van der Waals surface area contributed by atoms with Crippen molar-refractivity contribution >= 4 is 20.2 Å². The zero-order chi connectivity index (χ0) is 16.6. The number of benzene rings is 2. The molecule has 0 spiro atoms. The Morgan fingerprint density at radius 3 is 2.52 bits per heavy atom. The minimum atomic E-state index is -0.347. The summed E-state index contributed by atoms with van der Waals surface area (Å²) in [5, 5.41) is 19.6. The molecule has 23 heavy (non-hydrogen) atoms. The van der Waals surface area contributed by atoms with Crippen LogP contribution in [0, 0.1) is 0 Å². The molecule has 5 nitrogen and oxygen atoms in total. The molecule has 2 N–H and O–H groups in total. The molecule has 0 radical (unpaired) electrons. The summed E-state index contributed by atoms with van der Waals surface area (Å²) in [4.78, 5) is 12.6. The first-order chi connectivity index (χ1) is 11.0. The lowest BCUT2D eigenvalue weighted by molar-refractivity contribution is 0.305. The number of hydrogen-bond acceptors (Lipinski definition) is 5. The smallest absolute Gasteiger partial charge is 0.204 e. The molecule has 1 heterocycles. The van der Waals surface area contributed by atoms with Gasteiger partial charge in [-0.1, -0.05) is 21.4 Å². The SMILES string of the molecule is CC(P)Oc1cc(O)c2c(=O)c(-c3ccc(O)cc3)coc2c1. The van der Waals surface area contributed by atoms with Crippen molar-refractivity contribution in [3.8, 4) is 28.4 Å². The molecule has 1 aromatic heterocycles. The van der Waals surface area contributed by atoms with Gasteiger partial charge in [-0.15, -0.1) is 0 Å². The largest absolute Gasteiger partial charge is 0.508 e. The summed E-state index contributed by atoms with van der Waals surface area (Å²) in [6.45, 7) is 1.83. The van der Waals surface area contributed by atoms with Gasteiger partial charge < -0.3 is 19.4 Å². The number of phenolic OH excluding ortho intramolecular Hbond substituents is 2. The summed E-state index contributed by atoms with van der Waals surface area (Å²) < 4.78 is 11.0. The van der Waals surface area contributed by atoms with Gasteiger partial charge in [-0.3, -0.25) is 4.79 Å². The first-order valence-electron chi connectivity index (χ1n) is 6.96. The summed E-state index contributed by atoms with van der Waals surface area (Å²) in [5.74, 6) is 0.181. The zero-order valence-corrected chi connectivity index (χ0v) is 13.5. The van der Waals surface area contributed by atoms with E-state index in [4.69, 9.17) is 9.15 Å². The zero-order valence-electron chi connectivity index (χ0n) is 12.3. The summed E-state index contributed by atoms with van der Waals surface area (Å²) in [5.41, 5.74) is 0.802. The van der Waals surface area contributed by atoms with Crippen molar-refractivity contribution in [1.29, 1.82) is 0 Å². The van der Waals surface area contributed by atoms with Crippen LogP contribution >= 0.6 is 9.24 Å². The highest BCUT2D eigenvalue weighted by molar-refractivity contribution is 7.17. The van der Waals surface area contributed by atoms with E-state index < -0.39 is 0 Å². The molecule has 2 unspecified atom stereocenters. The first-order valence-corrected chi connectivity index (χ1v) is 7.62. The summed E-state index contributed by atoms with van der Waals surface area (Å²) in [6.07, 6.45) is 1.34. The van der Waals surface area contributed by atoms with Crippen molar-refractivity contribution < 1.29 is 19.4 Å². The Balaban J connectivity index is 2.18. The topological polar surface area (TPSA) is 79.9 Å². The molecule has 3 rings (SSSR count). The molecule has 6 heteroatoms. The van der Waals surface area contributed by atoms with Gasteiger partial charge in [-0.2, -0.15) is 0 Å². The Hall–Kier alpha value is -2.52. The Morgan fingerprint density at radius 1 is 1.17 bits per heavy atom. The maximum atomic E-state index is 12.6. The minimum Gasteiger partial charge on any atom is -0.508 e. The molecule has 0 fully saturated rings. The third kappa shape index (κ3) is 3.01. The van der Waals surface area contributed by atoms with Crippen molar-refractivity contribution in [2.45, 2.75) is 12.8 Å². The van der Waals surface area contributed by atoms with Gasteiger partial charge in [0, 0.05) is 12.1 Å². The quantitative estimate of drug-likeness (QED) is 0.719. The normalized spacial score (nSPS) is 12.3. The summed E-state index contributed by atoms with van der Waals surface area (Å²) in [7, 11) is 2.48. The monoisotopic (exact) mass is 330 g/mol. The third-order valence-corrected chi connectivity index (χ3v) is 3.47. The fraction of sp³-hybridized carbons (Fsp3) is 0.118. The van der Waals surface area contributed by atoms with Gasteiger partial charge in [0.05, 0.1) is 5.56 Å². The molecule has 2 aromatic carbocycles. The van der Waals surface area contributed by atoms with E-state index in [-0.39, 0.29) is 33.7 Å². The van der Waals surface area contributed by atoms with Gasteiger partial charge in [0.2, 0.25) is 5.43 Å². The maximum absolute atomic E-state index is 12.6. The fourth-order valence-electron chi connectivity index (χ4n) is 2.33. The van der Waals surface area contributed by atoms with Gasteiger partial charge >= 0.3 is 0 Å². The average molecular weight is 330 g/mol. The van der Waals surface area contributed by atoms with Gasteiger partial charge in [0.1, 0.15) is 40.3 Å². The number of aromatic hydroxyl groups is 2. The standard InChI is InChI=1S/C17H15O5P/c1-9(23)22-12-6-14(19)16-15(7-12)21-8-13(17(16)20)10-2-4-11(18)5-3-10/h2-9,18-19H,23H2,1H3. The fourth-order valence-corrected chi connectivity index (χ4v) is 2.49. The lowest BCUT2D eigenvalue weighted by Crippen LogP contribution is -2.06. The Bertz CT molecular complexity index is 913. The second-order valence-corrected chi connectivity index (χ2v) is 6.10. The highest BCUT2D eigenvalue weighted by Gasteiger charge is 2.15. The van der Waals surface area contributed by atoms with Crippen molar-refractivity contribution in [2.24, 2.45) is 0 Å². The van der Waals surface area contributed by atoms with Crippen molar-refractivity contribution in [1.82, 2.24) is 0 Å². The van der Waals surface area contributed by atoms with Crippen LogP contribution in [-0.2, 0) is 0 Å². The highest BCUT2D eigenvalue weighted by atomic mass is 31.0. The summed E-state index contributed by atoms with van der Waals surface area (Å²) in [6, 6.07) is 9.14. The molecule has 0 amide bonds.